The first-order valence-corrected chi connectivity index (χ1v) is 7.70. The van der Waals surface area contributed by atoms with E-state index in [-0.39, 0.29) is 5.75 Å². The lowest BCUT2D eigenvalue weighted by atomic mass is 10.0. The van der Waals surface area contributed by atoms with Crippen LogP contribution in [0.2, 0.25) is 0 Å². The van der Waals surface area contributed by atoms with Gasteiger partial charge in [0.1, 0.15) is 5.75 Å². The molecule has 0 atom stereocenters. The summed E-state index contributed by atoms with van der Waals surface area (Å²) in [6.07, 6.45) is 5.03. The SMILES string of the molecule is CN=CC(=CN)c1cc2c(ccn2C)cc1Oc1ccc(N)cc1F. The lowest BCUT2D eigenvalue weighted by molar-refractivity contribution is 0.442. The standard InChI is InChI=1S/C19H19FN4O/c1-23-11-13(10-21)15-9-17-12(5-6-24(17)2)7-19(15)25-18-4-3-14(22)8-16(18)20/h3-11H,21-22H2,1-2H3. The zero-order valence-electron chi connectivity index (χ0n) is 14.0. The summed E-state index contributed by atoms with van der Waals surface area (Å²) in [5.74, 6) is 0.0519. The summed E-state index contributed by atoms with van der Waals surface area (Å²) < 4.78 is 22.0. The number of benzene rings is 2. The number of aliphatic imine (C=N–C) groups is 1. The molecule has 2 aromatic carbocycles. The number of allylic oxidation sites excluding steroid dienone is 1. The molecule has 3 aromatic rings. The van der Waals surface area contributed by atoms with Crippen LogP contribution < -0.4 is 16.2 Å². The molecular weight excluding hydrogens is 319 g/mol. The summed E-state index contributed by atoms with van der Waals surface area (Å²) in [6, 6.07) is 10.1. The van der Waals surface area contributed by atoms with E-state index in [1.54, 1.807) is 19.3 Å². The number of ether oxygens (including phenoxy) is 1. The van der Waals surface area contributed by atoms with Gasteiger partial charge in [-0.1, -0.05) is 0 Å². The number of nitrogen functional groups attached to an aromatic ring is 1. The number of fused-ring (bicyclic) bond motifs is 1. The molecule has 0 amide bonds. The van der Waals surface area contributed by atoms with Gasteiger partial charge in [-0.05, 0) is 30.3 Å². The molecule has 5 nitrogen and oxygen atoms in total. The molecule has 4 N–H and O–H groups in total. The second-order valence-corrected chi connectivity index (χ2v) is 5.64. The van der Waals surface area contributed by atoms with Gasteiger partial charge in [0.05, 0.1) is 0 Å². The van der Waals surface area contributed by atoms with Gasteiger partial charge in [0, 0.05) is 66.5 Å². The Morgan fingerprint density at radius 2 is 2.00 bits per heavy atom. The van der Waals surface area contributed by atoms with E-state index in [9.17, 15) is 4.39 Å². The molecule has 0 bridgehead atoms. The number of aromatic nitrogens is 1. The van der Waals surface area contributed by atoms with Crippen LogP contribution in [0.1, 0.15) is 5.56 Å². The molecule has 0 saturated heterocycles. The Hall–Kier alpha value is -3.28. The Balaban J connectivity index is 2.17. The summed E-state index contributed by atoms with van der Waals surface area (Å²) in [4.78, 5) is 4.02. The molecule has 0 fully saturated rings. The molecule has 0 aliphatic carbocycles. The smallest absolute Gasteiger partial charge is 0.167 e. The van der Waals surface area contributed by atoms with Crippen LogP contribution >= 0.6 is 0 Å². The predicted octanol–water partition coefficient (Wildman–Crippen LogP) is 3.69. The lowest BCUT2D eigenvalue weighted by Gasteiger charge is -2.13. The van der Waals surface area contributed by atoms with Crippen LogP contribution in [0.15, 0.2) is 53.8 Å². The van der Waals surface area contributed by atoms with Crippen molar-refractivity contribution in [2.75, 3.05) is 12.8 Å². The molecular formula is C19H19FN4O. The molecule has 25 heavy (non-hydrogen) atoms. The molecule has 0 aliphatic rings. The molecule has 3 rings (SSSR count). The third kappa shape index (κ3) is 3.19. The van der Waals surface area contributed by atoms with E-state index in [0.29, 0.717) is 17.0 Å². The highest BCUT2D eigenvalue weighted by molar-refractivity contribution is 6.11. The summed E-state index contributed by atoms with van der Waals surface area (Å²) in [7, 11) is 3.61. The van der Waals surface area contributed by atoms with Crippen LogP contribution in [0, 0.1) is 5.82 Å². The van der Waals surface area contributed by atoms with Crippen molar-refractivity contribution in [1.82, 2.24) is 4.57 Å². The number of rotatable bonds is 4. The number of hydrogen-bond donors (Lipinski definition) is 2. The minimum atomic E-state index is -0.526. The van der Waals surface area contributed by atoms with Crippen LogP contribution in [-0.2, 0) is 7.05 Å². The average Bonchev–Trinajstić information content (AvgIpc) is 2.95. The molecule has 0 spiro atoms. The van der Waals surface area contributed by atoms with Gasteiger partial charge in [-0.15, -0.1) is 0 Å². The van der Waals surface area contributed by atoms with Crippen LogP contribution in [0.4, 0.5) is 10.1 Å². The number of nitrogens with zero attached hydrogens (tertiary/aromatic N) is 2. The number of anilines is 1. The highest BCUT2D eigenvalue weighted by Gasteiger charge is 2.14. The Morgan fingerprint density at radius 1 is 1.20 bits per heavy atom. The maximum Gasteiger partial charge on any atom is 0.167 e. The van der Waals surface area contributed by atoms with E-state index in [1.807, 2.05) is 36.0 Å². The van der Waals surface area contributed by atoms with E-state index in [2.05, 4.69) is 4.99 Å². The van der Waals surface area contributed by atoms with Crippen LogP contribution in [0.3, 0.4) is 0 Å². The highest BCUT2D eigenvalue weighted by atomic mass is 19.1. The van der Waals surface area contributed by atoms with Gasteiger partial charge in [0.2, 0.25) is 0 Å². The molecule has 128 valence electrons. The Kier molecular flexibility index (Phi) is 4.43. The lowest BCUT2D eigenvalue weighted by Crippen LogP contribution is -1.98. The quantitative estimate of drug-likeness (QED) is 0.562. The minimum Gasteiger partial charge on any atom is -0.454 e. The molecule has 0 radical (unpaired) electrons. The first-order chi connectivity index (χ1) is 12.0. The van der Waals surface area contributed by atoms with Crippen LogP contribution in [0.25, 0.3) is 16.5 Å². The van der Waals surface area contributed by atoms with E-state index in [0.717, 1.165) is 16.5 Å². The topological polar surface area (TPSA) is 78.6 Å². The van der Waals surface area contributed by atoms with Crippen molar-refractivity contribution < 1.29 is 9.13 Å². The largest absolute Gasteiger partial charge is 0.454 e. The van der Waals surface area contributed by atoms with E-state index in [1.165, 1.54) is 18.3 Å². The first-order valence-electron chi connectivity index (χ1n) is 7.70. The number of aryl methyl sites for hydroxylation is 1. The molecule has 1 aromatic heterocycles. The van der Waals surface area contributed by atoms with Crippen molar-refractivity contribution in [2.24, 2.45) is 17.8 Å². The fraction of sp³-hybridized carbons (Fsp3) is 0.105. The van der Waals surface area contributed by atoms with Crippen molar-refractivity contribution in [2.45, 2.75) is 0 Å². The van der Waals surface area contributed by atoms with Crippen molar-refractivity contribution in [1.29, 1.82) is 0 Å². The van der Waals surface area contributed by atoms with Crippen LogP contribution in [0.5, 0.6) is 11.5 Å². The number of halogens is 1. The minimum absolute atomic E-state index is 0.0931. The third-order valence-corrected chi connectivity index (χ3v) is 3.92. The second kappa shape index (κ2) is 6.68. The van der Waals surface area contributed by atoms with Gasteiger partial charge in [0.25, 0.3) is 0 Å². The zero-order chi connectivity index (χ0) is 18.0. The van der Waals surface area contributed by atoms with Crippen LogP contribution in [-0.4, -0.2) is 17.8 Å². The van der Waals surface area contributed by atoms with Crippen molar-refractivity contribution in [3.8, 4) is 11.5 Å². The fourth-order valence-electron chi connectivity index (χ4n) is 2.67. The van der Waals surface area contributed by atoms with Crippen molar-refractivity contribution >= 4 is 28.4 Å². The molecule has 1 heterocycles. The maximum absolute atomic E-state index is 14.1. The van der Waals surface area contributed by atoms with Crippen molar-refractivity contribution in [3.05, 3.63) is 60.2 Å². The molecule has 0 aliphatic heterocycles. The van der Waals surface area contributed by atoms with Gasteiger partial charge in [0.15, 0.2) is 11.6 Å². The summed E-state index contributed by atoms with van der Waals surface area (Å²) >= 11 is 0. The average molecular weight is 338 g/mol. The highest BCUT2D eigenvalue weighted by Crippen LogP contribution is 2.35. The normalized spacial score (nSPS) is 12.2. The fourth-order valence-corrected chi connectivity index (χ4v) is 2.67. The summed E-state index contributed by atoms with van der Waals surface area (Å²) in [5.41, 5.74) is 14.1. The van der Waals surface area contributed by atoms with Gasteiger partial charge in [-0.2, -0.15) is 0 Å². The third-order valence-electron chi connectivity index (χ3n) is 3.92. The van der Waals surface area contributed by atoms with E-state index in [4.69, 9.17) is 16.2 Å². The molecule has 6 heteroatoms. The van der Waals surface area contributed by atoms with Gasteiger partial charge in [-0.3, -0.25) is 4.99 Å². The molecule has 0 unspecified atom stereocenters. The van der Waals surface area contributed by atoms with Crippen molar-refractivity contribution in [3.63, 3.8) is 0 Å². The van der Waals surface area contributed by atoms with Gasteiger partial charge in [-0.25, -0.2) is 4.39 Å². The first kappa shape index (κ1) is 16.6. The Bertz CT molecular complexity index is 988. The predicted molar refractivity (Wildman–Crippen MR) is 100 cm³/mol. The van der Waals surface area contributed by atoms with E-state index >= 15 is 0 Å². The summed E-state index contributed by atoms with van der Waals surface area (Å²) in [5, 5.41) is 0.974. The maximum atomic E-state index is 14.1. The second-order valence-electron chi connectivity index (χ2n) is 5.64. The van der Waals surface area contributed by atoms with E-state index < -0.39 is 5.82 Å². The summed E-state index contributed by atoms with van der Waals surface area (Å²) in [6.45, 7) is 0. The number of hydrogen-bond acceptors (Lipinski definition) is 4. The Labute approximate surface area is 145 Å². The molecule has 0 saturated carbocycles. The Morgan fingerprint density at radius 3 is 2.68 bits per heavy atom. The number of nitrogens with two attached hydrogens (primary N) is 2. The zero-order valence-corrected chi connectivity index (χ0v) is 14.0. The van der Waals surface area contributed by atoms with Gasteiger partial charge >= 0.3 is 0 Å². The monoisotopic (exact) mass is 338 g/mol. The van der Waals surface area contributed by atoms with Gasteiger partial charge < -0.3 is 20.8 Å².